The highest BCUT2D eigenvalue weighted by atomic mass is 19.4. The smallest absolute Gasteiger partial charge is 0.416 e. The molecule has 0 spiro atoms. The Bertz CT molecular complexity index is 1030. The fourth-order valence-corrected chi connectivity index (χ4v) is 3.76. The van der Waals surface area contributed by atoms with Crippen LogP contribution in [0.5, 0.6) is 0 Å². The predicted molar refractivity (Wildman–Crippen MR) is 113 cm³/mol. The van der Waals surface area contributed by atoms with Gasteiger partial charge >= 0.3 is 12.1 Å². The number of rotatable bonds is 7. The lowest BCUT2D eigenvalue weighted by molar-refractivity contribution is -0.215. The Hall–Kier alpha value is -3.01. The first-order valence-electron chi connectivity index (χ1n) is 10.3. The molecule has 1 aliphatic rings. The summed E-state index contributed by atoms with van der Waals surface area (Å²) in [6.45, 7) is 5.07. The van der Waals surface area contributed by atoms with Gasteiger partial charge < -0.3 is 25.0 Å². The zero-order valence-corrected chi connectivity index (χ0v) is 18.0. The molecule has 3 rings (SSSR count). The SMILES string of the molecule is CCOC(=O)c1cccc2c3c([nH]c12)CN(CC(=O)NC(C(C)C)C(O)C(F)(F)F)C=C3. The number of benzene rings is 1. The maximum Gasteiger partial charge on any atom is 0.416 e. The van der Waals surface area contributed by atoms with Gasteiger partial charge in [0.15, 0.2) is 6.10 Å². The van der Waals surface area contributed by atoms with Gasteiger partial charge in [0, 0.05) is 22.8 Å². The number of aromatic amines is 1. The van der Waals surface area contributed by atoms with Gasteiger partial charge in [-0.2, -0.15) is 13.2 Å². The molecule has 0 bridgehead atoms. The first-order valence-corrected chi connectivity index (χ1v) is 10.3. The number of hydrogen-bond acceptors (Lipinski definition) is 5. The van der Waals surface area contributed by atoms with Crippen molar-refractivity contribution in [3.8, 4) is 0 Å². The van der Waals surface area contributed by atoms with Crippen molar-refractivity contribution in [3.05, 3.63) is 41.2 Å². The van der Waals surface area contributed by atoms with Crippen LogP contribution in [0.15, 0.2) is 24.4 Å². The largest absolute Gasteiger partial charge is 0.462 e. The number of carbonyl (C=O) groups is 2. The fraction of sp³-hybridized carbons (Fsp3) is 0.455. The number of amides is 1. The van der Waals surface area contributed by atoms with Crippen LogP contribution in [0.3, 0.4) is 0 Å². The van der Waals surface area contributed by atoms with E-state index in [-0.39, 0.29) is 13.2 Å². The van der Waals surface area contributed by atoms with Gasteiger partial charge in [-0.25, -0.2) is 4.79 Å². The molecule has 1 amide bonds. The molecule has 7 nitrogen and oxygen atoms in total. The van der Waals surface area contributed by atoms with E-state index in [1.165, 1.54) is 13.8 Å². The van der Waals surface area contributed by atoms with Crippen molar-refractivity contribution in [1.82, 2.24) is 15.2 Å². The van der Waals surface area contributed by atoms with E-state index in [2.05, 4.69) is 10.3 Å². The number of nitrogens with one attached hydrogen (secondary N) is 2. The topological polar surface area (TPSA) is 94.7 Å². The number of hydrogen-bond donors (Lipinski definition) is 3. The molecule has 10 heteroatoms. The van der Waals surface area contributed by atoms with Crippen LogP contribution in [-0.2, 0) is 16.1 Å². The number of alkyl halides is 3. The number of carbonyl (C=O) groups excluding carboxylic acids is 2. The fourth-order valence-electron chi connectivity index (χ4n) is 3.76. The number of esters is 1. The molecular formula is C22H26F3N3O4. The minimum Gasteiger partial charge on any atom is -0.462 e. The molecule has 2 atom stereocenters. The summed E-state index contributed by atoms with van der Waals surface area (Å²) < 4.78 is 43.8. The number of ether oxygens (including phenoxy) is 1. The highest BCUT2D eigenvalue weighted by molar-refractivity contribution is 6.05. The summed E-state index contributed by atoms with van der Waals surface area (Å²) in [5, 5.41) is 12.7. The number of nitrogens with zero attached hydrogens (tertiary/aromatic N) is 1. The van der Waals surface area contributed by atoms with E-state index < -0.39 is 36.1 Å². The molecule has 0 fully saturated rings. The quantitative estimate of drug-likeness (QED) is 0.560. The molecule has 2 heterocycles. The zero-order valence-electron chi connectivity index (χ0n) is 18.0. The molecule has 3 N–H and O–H groups in total. The number of H-pyrrole nitrogens is 1. The van der Waals surface area contributed by atoms with Crippen LogP contribution < -0.4 is 5.32 Å². The third-order valence-corrected chi connectivity index (χ3v) is 5.33. The minimum absolute atomic E-state index is 0.191. The van der Waals surface area contributed by atoms with E-state index in [0.717, 1.165) is 16.6 Å². The Kier molecular flexibility index (Phi) is 6.82. The first kappa shape index (κ1) is 23.6. The number of aromatic nitrogens is 1. The molecular weight excluding hydrogens is 427 g/mol. The van der Waals surface area contributed by atoms with E-state index in [0.29, 0.717) is 17.6 Å². The van der Waals surface area contributed by atoms with Crippen LogP contribution in [0.1, 0.15) is 42.4 Å². The molecule has 1 aromatic heterocycles. The molecule has 0 aliphatic carbocycles. The Balaban J connectivity index is 1.74. The van der Waals surface area contributed by atoms with Gasteiger partial charge in [-0.1, -0.05) is 26.0 Å². The van der Waals surface area contributed by atoms with Gasteiger partial charge in [0.1, 0.15) is 0 Å². The molecule has 0 saturated carbocycles. The summed E-state index contributed by atoms with van der Waals surface area (Å²) in [5.41, 5.74) is 2.66. The van der Waals surface area contributed by atoms with Crippen LogP contribution in [0.25, 0.3) is 17.0 Å². The summed E-state index contributed by atoms with van der Waals surface area (Å²) in [6, 6.07) is 3.84. The normalized spacial score (nSPS) is 15.6. The van der Waals surface area contributed by atoms with Crippen molar-refractivity contribution >= 4 is 28.9 Å². The van der Waals surface area contributed by atoms with Crippen LogP contribution >= 0.6 is 0 Å². The van der Waals surface area contributed by atoms with E-state index in [1.54, 1.807) is 36.2 Å². The molecule has 32 heavy (non-hydrogen) atoms. The van der Waals surface area contributed by atoms with E-state index in [9.17, 15) is 27.9 Å². The molecule has 1 aliphatic heterocycles. The Labute approximate surface area is 183 Å². The van der Waals surface area contributed by atoms with E-state index >= 15 is 0 Å². The third kappa shape index (κ3) is 4.90. The Morgan fingerprint density at radius 1 is 1.31 bits per heavy atom. The highest BCUT2D eigenvalue weighted by Gasteiger charge is 2.45. The molecule has 2 unspecified atom stereocenters. The van der Waals surface area contributed by atoms with Crippen molar-refractivity contribution in [2.75, 3.05) is 13.2 Å². The maximum atomic E-state index is 12.9. The van der Waals surface area contributed by atoms with E-state index in [1.807, 2.05) is 6.07 Å². The molecule has 0 radical (unpaired) electrons. The second-order valence-corrected chi connectivity index (χ2v) is 8.01. The average molecular weight is 453 g/mol. The molecule has 1 aromatic carbocycles. The second kappa shape index (κ2) is 9.23. The van der Waals surface area contributed by atoms with Crippen molar-refractivity contribution in [1.29, 1.82) is 0 Å². The average Bonchev–Trinajstić information content (AvgIpc) is 3.08. The van der Waals surface area contributed by atoms with Crippen molar-refractivity contribution in [2.24, 2.45) is 5.92 Å². The summed E-state index contributed by atoms with van der Waals surface area (Å²) in [5.74, 6) is -1.70. The van der Waals surface area contributed by atoms with E-state index in [4.69, 9.17) is 4.74 Å². The summed E-state index contributed by atoms with van der Waals surface area (Å²) in [4.78, 5) is 29.5. The lowest BCUT2D eigenvalue weighted by Crippen LogP contribution is -2.54. The summed E-state index contributed by atoms with van der Waals surface area (Å²) in [6.07, 6.45) is -4.02. The van der Waals surface area contributed by atoms with Crippen molar-refractivity contribution in [2.45, 2.75) is 45.6 Å². The number of aliphatic hydroxyl groups is 1. The number of aliphatic hydroxyl groups excluding tert-OH is 1. The molecule has 174 valence electrons. The van der Waals surface area contributed by atoms with Crippen LogP contribution in [-0.4, -0.2) is 58.3 Å². The predicted octanol–water partition coefficient (Wildman–Crippen LogP) is 3.19. The number of para-hydroxylation sites is 1. The van der Waals surface area contributed by atoms with Crippen molar-refractivity contribution in [3.63, 3.8) is 0 Å². The number of fused-ring (bicyclic) bond motifs is 3. The van der Waals surface area contributed by atoms with Crippen LogP contribution in [0, 0.1) is 5.92 Å². The monoisotopic (exact) mass is 453 g/mol. The Morgan fingerprint density at radius 2 is 2.03 bits per heavy atom. The van der Waals surface area contributed by atoms with Crippen molar-refractivity contribution < 1.29 is 32.6 Å². The molecule has 0 saturated heterocycles. The highest BCUT2D eigenvalue weighted by Crippen LogP contribution is 2.30. The van der Waals surface area contributed by atoms with Gasteiger partial charge in [-0.3, -0.25) is 4.79 Å². The maximum absolute atomic E-state index is 12.9. The van der Waals surface area contributed by atoms with Gasteiger partial charge in [-0.15, -0.1) is 0 Å². The zero-order chi connectivity index (χ0) is 23.6. The first-order chi connectivity index (χ1) is 15.0. The lowest BCUT2D eigenvalue weighted by atomic mass is 9.98. The lowest BCUT2D eigenvalue weighted by Gasteiger charge is -2.30. The summed E-state index contributed by atoms with van der Waals surface area (Å²) in [7, 11) is 0. The van der Waals surface area contributed by atoms with Gasteiger partial charge in [0.2, 0.25) is 5.91 Å². The third-order valence-electron chi connectivity index (χ3n) is 5.33. The number of halogens is 3. The van der Waals surface area contributed by atoms with Gasteiger partial charge in [0.25, 0.3) is 0 Å². The minimum atomic E-state index is -4.83. The second-order valence-electron chi connectivity index (χ2n) is 8.01. The van der Waals surface area contributed by atoms with Crippen LogP contribution in [0.2, 0.25) is 0 Å². The standard InChI is InChI=1S/C22H26F3N3O4/c1-4-32-21(31)15-7-5-6-14-13-8-9-28(10-16(13)26-19(14)15)11-17(29)27-18(12(2)3)20(30)22(23,24)25/h5-9,12,18,20,26,30H,4,10-11H2,1-3H3,(H,27,29). The Morgan fingerprint density at radius 3 is 2.66 bits per heavy atom. The van der Waals surface area contributed by atoms with Gasteiger partial charge in [0.05, 0.1) is 36.8 Å². The van der Waals surface area contributed by atoms with Gasteiger partial charge in [-0.05, 0) is 25.0 Å². The van der Waals surface area contributed by atoms with Crippen LogP contribution in [0.4, 0.5) is 13.2 Å². The molecule has 2 aromatic rings. The summed E-state index contributed by atoms with van der Waals surface area (Å²) >= 11 is 0.